The van der Waals surface area contributed by atoms with E-state index < -0.39 is 0 Å². The average Bonchev–Trinajstić information content (AvgIpc) is 2.41. The second kappa shape index (κ2) is 6.71. The first-order chi connectivity index (χ1) is 9.58. The Morgan fingerprint density at radius 2 is 2.20 bits per heavy atom. The smallest absolute Gasteiger partial charge is 0.272 e. The predicted octanol–water partition coefficient (Wildman–Crippen LogP) is 4.34. The van der Waals surface area contributed by atoms with Gasteiger partial charge in [0.15, 0.2) is 0 Å². The van der Waals surface area contributed by atoms with Crippen LogP contribution in [0.4, 0.5) is 11.4 Å². The lowest BCUT2D eigenvalue weighted by Crippen LogP contribution is -1.98. The number of anilines is 1. The molecule has 2 aromatic rings. The summed E-state index contributed by atoms with van der Waals surface area (Å²) in [5.74, 6) is 0. The van der Waals surface area contributed by atoms with E-state index in [4.69, 9.17) is 0 Å². The number of non-ortho nitro benzene ring substituents is 1. The van der Waals surface area contributed by atoms with Gasteiger partial charge in [0.25, 0.3) is 5.69 Å². The molecule has 2 rings (SSSR count). The molecule has 0 saturated carbocycles. The second-order valence-corrected chi connectivity index (χ2v) is 5.93. The largest absolute Gasteiger partial charge is 0.385 e. The Kier molecular flexibility index (Phi) is 4.97. The lowest BCUT2D eigenvalue weighted by molar-refractivity contribution is -0.385. The van der Waals surface area contributed by atoms with Gasteiger partial charge in [-0.3, -0.25) is 10.1 Å². The molecule has 1 heterocycles. The second-order valence-electron chi connectivity index (χ2n) is 3.92. The minimum Gasteiger partial charge on any atom is -0.385 e. The van der Waals surface area contributed by atoms with Gasteiger partial charge in [-0.25, -0.2) is 4.98 Å². The molecule has 0 radical (unpaired) electrons. The highest BCUT2D eigenvalue weighted by Crippen LogP contribution is 2.32. The van der Waals surface area contributed by atoms with Crippen LogP contribution in [0, 0.1) is 10.1 Å². The van der Waals surface area contributed by atoms with Crippen molar-refractivity contribution in [3.05, 3.63) is 51.1 Å². The van der Waals surface area contributed by atoms with E-state index >= 15 is 0 Å². The van der Waals surface area contributed by atoms with Crippen molar-refractivity contribution < 1.29 is 4.92 Å². The molecular formula is C13H12BrN3O2S. The van der Waals surface area contributed by atoms with Crippen molar-refractivity contribution in [2.24, 2.45) is 0 Å². The van der Waals surface area contributed by atoms with Crippen molar-refractivity contribution in [1.82, 2.24) is 4.98 Å². The predicted molar refractivity (Wildman–Crippen MR) is 83.3 cm³/mol. The molecule has 1 aromatic carbocycles. The van der Waals surface area contributed by atoms with E-state index in [0.717, 1.165) is 20.1 Å². The number of pyridine rings is 1. The van der Waals surface area contributed by atoms with Gasteiger partial charge in [-0.2, -0.15) is 0 Å². The van der Waals surface area contributed by atoms with E-state index in [1.807, 2.05) is 25.1 Å². The number of halogens is 1. The molecule has 0 amide bonds. The first-order valence-corrected chi connectivity index (χ1v) is 7.52. The molecule has 5 nitrogen and oxygen atoms in total. The summed E-state index contributed by atoms with van der Waals surface area (Å²) >= 11 is 4.71. The van der Waals surface area contributed by atoms with E-state index in [2.05, 4.69) is 26.2 Å². The molecule has 20 heavy (non-hydrogen) atoms. The number of nitro benzene ring substituents is 1. The van der Waals surface area contributed by atoms with E-state index in [1.54, 1.807) is 12.3 Å². The maximum absolute atomic E-state index is 11.0. The molecule has 0 saturated heterocycles. The Balaban J connectivity index is 2.29. The number of hydrogen-bond donors (Lipinski definition) is 1. The van der Waals surface area contributed by atoms with Crippen molar-refractivity contribution >= 4 is 39.1 Å². The van der Waals surface area contributed by atoms with E-state index in [-0.39, 0.29) is 10.6 Å². The Morgan fingerprint density at radius 3 is 2.80 bits per heavy atom. The molecule has 0 bridgehead atoms. The summed E-state index contributed by atoms with van der Waals surface area (Å²) in [6.07, 6.45) is 1.70. The quantitative estimate of drug-likeness (QED) is 0.639. The van der Waals surface area contributed by atoms with Gasteiger partial charge in [0.05, 0.1) is 4.92 Å². The number of hydrogen-bond acceptors (Lipinski definition) is 5. The Bertz CT molecular complexity index is 620. The number of rotatable bonds is 5. The Labute approximate surface area is 129 Å². The van der Waals surface area contributed by atoms with E-state index in [0.29, 0.717) is 6.54 Å². The third kappa shape index (κ3) is 3.94. The first-order valence-electron chi connectivity index (χ1n) is 5.91. The first kappa shape index (κ1) is 14.8. The summed E-state index contributed by atoms with van der Waals surface area (Å²) < 4.78 is 0.897. The maximum Gasteiger partial charge on any atom is 0.272 e. The van der Waals surface area contributed by atoms with Gasteiger partial charge < -0.3 is 5.32 Å². The summed E-state index contributed by atoms with van der Waals surface area (Å²) in [5.41, 5.74) is 0.810. The van der Waals surface area contributed by atoms with Crippen LogP contribution in [-0.4, -0.2) is 16.5 Å². The normalized spacial score (nSPS) is 10.3. The molecule has 104 valence electrons. The van der Waals surface area contributed by atoms with Crippen LogP contribution in [0.5, 0.6) is 0 Å². The fourth-order valence-electron chi connectivity index (χ4n) is 1.60. The standard InChI is InChI=1S/C13H12BrN3O2S/c1-2-15-10-5-11(17(18)19)7-12(6-10)20-13-4-3-9(14)8-16-13/h3-8,15H,2H2,1H3. The summed E-state index contributed by atoms with van der Waals surface area (Å²) in [6, 6.07) is 8.71. The van der Waals surface area contributed by atoms with Gasteiger partial charge in [-0.15, -0.1) is 0 Å². The molecule has 1 N–H and O–H groups in total. The minimum atomic E-state index is -0.389. The van der Waals surface area contributed by atoms with Crippen LogP contribution >= 0.6 is 27.7 Å². The molecule has 0 aliphatic carbocycles. The minimum absolute atomic E-state index is 0.0723. The monoisotopic (exact) mass is 353 g/mol. The summed E-state index contributed by atoms with van der Waals surface area (Å²) in [4.78, 5) is 15.6. The van der Waals surface area contributed by atoms with Gasteiger partial charge in [0, 0.05) is 39.9 Å². The molecule has 7 heteroatoms. The van der Waals surface area contributed by atoms with Gasteiger partial charge in [0.2, 0.25) is 0 Å². The molecule has 0 aliphatic heterocycles. The number of nitrogens with one attached hydrogen (secondary N) is 1. The number of nitrogens with zero attached hydrogens (tertiary/aromatic N) is 2. The van der Waals surface area contributed by atoms with Crippen LogP contribution in [-0.2, 0) is 0 Å². The summed E-state index contributed by atoms with van der Waals surface area (Å²) in [6.45, 7) is 2.66. The average molecular weight is 354 g/mol. The Hall–Kier alpha value is -1.60. The number of nitro groups is 1. The fraction of sp³-hybridized carbons (Fsp3) is 0.154. The van der Waals surface area contributed by atoms with Crippen molar-refractivity contribution in [2.45, 2.75) is 16.8 Å². The molecular weight excluding hydrogens is 342 g/mol. The van der Waals surface area contributed by atoms with Gasteiger partial charge in [-0.1, -0.05) is 11.8 Å². The Morgan fingerprint density at radius 1 is 1.40 bits per heavy atom. The molecule has 0 aliphatic rings. The molecule has 0 spiro atoms. The fourth-order valence-corrected chi connectivity index (χ4v) is 2.68. The zero-order valence-electron chi connectivity index (χ0n) is 10.7. The van der Waals surface area contributed by atoms with Crippen molar-refractivity contribution in [2.75, 3.05) is 11.9 Å². The van der Waals surface area contributed by atoms with E-state index in [9.17, 15) is 10.1 Å². The van der Waals surface area contributed by atoms with Crippen molar-refractivity contribution in [3.63, 3.8) is 0 Å². The third-order valence-electron chi connectivity index (χ3n) is 2.41. The maximum atomic E-state index is 11.0. The molecule has 0 unspecified atom stereocenters. The summed E-state index contributed by atoms with van der Waals surface area (Å²) in [7, 11) is 0. The van der Waals surface area contributed by atoms with Crippen LogP contribution in [0.1, 0.15) is 6.92 Å². The molecule has 1 aromatic heterocycles. The highest BCUT2D eigenvalue weighted by Gasteiger charge is 2.11. The van der Waals surface area contributed by atoms with Gasteiger partial charge in [-0.05, 0) is 41.1 Å². The molecule has 0 atom stereocenters. The zero-order valence-corrected chi connectivity index (χ0v) is 13.1. The summed E-state index contributed by atoms with van der Waals surface area (Å²) in [5, 5.41) is 14.8. The van der Waals surface area contributed by atoms with Crippen LogP contribution < -0.4 is 5.32 Å². The van der Waals surface area contributed by atoms with E-state index in [1.165, 1.54) is 17.8 Å². The molecule has 0 fully saturated rings. The highest BCUT2D eigenvalue weighted by atomic mass is 79.9. The third-order valence-corrected chi connectivity index (χ3v) is 3.80. The van der Waals surface area contributed by atoms with Crippen LogP contribution in [0.15, 0.2) is 50.9 Å². The van der Waals surface area contributed by atoms with Crippen molar-refractivity contribution in [3.8, 4) is 0 Å². The topological polar surface area (TPSA) is 68.1 Å². The van der Waals surface area contributed by atoms with Crippen LogP contribution in [0.25, 0.3) is 0 Å². The van der Waals surface area contributed by atoms with Crippen LogP contribution in [0.3, 0.4) is 0 Å². The van der Waals surface area contributed by atoms with Gasteiger partial charge >= 0.3 is 0 Å². The van der Waals surface area contributed by atoms with Gasteiger partial charge in [0.1, 0.15) is 5.03 Å². The van der Waals surface area contributed by atoms with Crippen molar-refractivity contribution in [1.29, 1.82) is 0 Å². The lowest BCUT2D eigenvalue weighted by atomic mass is 10.3. The lowest BCUT2D eigenvalue weighted by Gasteiger charge is -2.06. The highest BCUT2D eigenvalue weighted by molar-refractivity contribution is 9.10. The van der Waals surface area contributed by atoms with Crippen LogP contribution in [0.2, 0.25) is 0 Å². The zero-order chi connectivity index (χ0) is 14.5. The number of benzene rings is 1. The SMILES string of the molecule is CCNc1cc(Sc2ccc(Br)cn2)cc([N+](=O)[O-])c1. The number of aromatic nitrogens is 1.